The number of carbonyl (C=O) groups is 6. The summed E-state index contributed by atoms with van der Waals surface area (Å²) in [6.45, 7) is 5.54. The first-order valence-electron chi connectivity index (χ1n) is 10.3. The summed E-state index contributed by atoms with van der Waals surface area (Å²) in [7, 11) is 2.51. The molecule has 33 heavy (non-hydrogen) atoms. The van der Waals surface area contributed by atoms with Gasteiger partial charge in [0.15, 0.2) is 0 Å². The van der Waals surface area contributed by atoms with Crippen molar-refractivity contribution >= 4 is 35.4 Å². The van der Waals surface area contributed by atoms with Gasteiger partial charge in [0.25, 0.3) is 0 Å². The van der Waals surface area contributed by atoms with E-state index in [4.69, 9.17) is 9.47 Å². The van der Waals surface area contributed by atoms with Crippen molar-refractivity contribution in [1.82, 2.24) is 16.0 Å². The number of carbonyl (C=O) groups excluding carboxylic acids is 6. The quantitative estimate of drug-likeness (QED) is 0.189. The van der Waals surface area contributed by atoms with Gasteiger partial charge in [0.1, 0.15) is 24.5 Å². The average molecular weight is 472 g/mol. The van der Waals surface area contributed by atoms with E-state index in [9.17, 15) is 28.8 Å². The SMILES string of the molecule is C=CCOC(=O)C(CCC(C)=O)NC(=O)C(COC)NC(=O)CNC(=O)C(C)CC(=O)OC. The van der Waals surface area contributed by atoms with Crippen LogP contribution in [0.25, 0.3) is 0 Å². The van der Waals surface area contributed by atoms with Crippen molar-refractivity contribution in [2.45, 2.75) is 45.2 Å². The van der Waals surface area contributed by atoms with E-state index in [1.807, 2.05) is 0 Å². The molecule has 0 aromatic carbocycles. The van der Waals surface area contributed by atoms with Crippen LogP contribution in [-0.4, -0.2) is 81.5 Å². The number of amides is 3. The molecule has 0 saturated carbocycles. The van der Waals surface area contributed by atoms with E-state index in [-0.39, 0.29) is 38.3 Å². The van der Waals surface area contributed by atoms with Gasteiger partial charge < -0.3 is 35.0 Å². The van der Waals surface area contributed by atoms with Crippen molar-refractivity contribution in [3.63, 3.8) is 0 Å². The van der Waals surface area contributed by atoms with Crippen LogP contribution in [0.5, 0.6) is 0 Å². The molecular formula is C21H33N3O9. The second-order valence-electron chi connectivity index (χ2n) is 7.20. The number of hydrogen-bond donors (Lipinski definition) is 3. The summed E-state index contributed by atoms with van der Waals surface area (Å²) in [4.78, 5) is 71.6. The smallest absolute Gasteiger partial charge is 0.328 e. The summed E-state index contributed by atoms with van der Waals surface area (Å²) in [5.41, 5.74) is 0. The molecule has 0 aliphatic rings. The lowest BCUT2D eigenvalue weighted by Crippen LogP contribution is -2.55. The average Bonchev–Trinajstić information content (AvgIpc) is 2.77. The highest BCUT2D eigenvalue weighted by Crippen LogP contribution is 2.04. The lowest BCUT2D eigenvalue weighted by molar-refractivity contribution is -0.147. The van der Waals surface area contributed by atoms with Gasteiger partial charge in [-0.05, 0) is 13.3 Å². The molecule has 0 heterocycles. The number of hydrogen-bond acceptors (Lipinski definition) is 9. The Balaban J connectivity index is 4.98. The standard InChI is InChI=1S/C21H33N3O9/c1-6-9-33-21(30)15(8-7-14(3)25)24-20(29)16(12-31-4)23-17(26)11-22-19(28)13(2)10-18(27)32-5/h6,13,15-16H,1,7-12H2,2-5H3,(H,22,28)(H,23,26)(H,24,29). The van der Waals surface area contributed by atoms with Gasteiger partial charge in [0, 0.05) is 19.4 Å². The Morgan fingerprint density at radius 2 is 1.67 bits per heavy atom. The molecule has 12 nitrogen and oxygen atoms in total. The second kappa shape index (κ2) is 16.4. The fraction of sp³-hybridized carbons (Fsp3) is 0.619. The second-order valence-corrected chi connectivity index (χ2v) is 7.20. The van der Waals surface area contributed by atoms with Crippen molar-refractivity contribution in [2.75, 3.05) is 34.0 Å². The fourth-order valence-electron chi connectivity index (χ4n) is 2.47. The monoisotopic (exact) mass is 471 g/mol. The number of esters is 2. The Morgan fingerprint density at radius 1 is 1.00 bits per heavy atom. The topological polar surface area (TPSA) is 166 Å². The molecule has 0 aliphatic carbocycles. The number of rotatable bonds is 16. The maximum Gasteiger partial charge on any atom is 0.328 e. The van der Waals surface area contributed by atoms with Crippen LogP contribution < -0.4 is 16.0 Å². The molecule has 0 rings (SSSR count). The molecule has 0 radical (unpaired) electrons. The van der Waals surface area contributed by atoms with Crippen LogP contribution in [0.15, 0.2) is 12.7 Å². The van der Waals surface area contributed by atoms with Crippen LogP contribution in [0.2, 0.25) is 0 Å². The first kappa shape index (κ1) is 29.7. The molecule has 0 aromatic rings. The van der Waals surface area contributed by atoms with Gasteiger partial charge in [-0.2, -0.15) is 0 Å². The maximum atomic E-state index is 12.6. The lowest BCUT2D eigenvalue weighted by Gasteiger charge is -2.22. The predicted octanol–water partition coefficient (Wildman–Crippen LogP) is -0.984. The molecule has 0 bridgehead atoms. The Hall–Kier alpha value is -3.28. The maximum absolute atomic E-state index is 12.6. The molecule has 3 amide bonds. The van der Waals surface area contributed by atoms with E-state index >= 15 is 0 Å². The Labute approximate surface area is 192 Å². The Bertz CT molecular complexity index is 724. The fourth-order valence-corrected chi connectivity index (χ4v) is 2.47. The first-order valence-corrected chi connectivity index (χ1v) is 10.3. The van der Waals surface area contributed by atoms with Crippen molar-refractivity contribution < 1.29 is 43.0 Å². The van der Waals surface area contributed by atoms with E-state index < -0.39 is 54.2 Å². The number of ketones is 1. The number of Topliss-reactive ketones (excluding diaryl/α,β-unsaturated/α-hetero) is 1. The summed E-state index contributed by atoms with van der Waals surface area (Å²) >= 11 is 0. The number of ether oxygens (including phenoxy) is 3. The summed E-state index contributed by atoms with van der Waals surface area (Å²) in [6.07, 6.45) is 1.25. The third kappa shape index (κ3) is 13.0. The van der Waals surface area contributed by atoms with Crippen LogP contribution >= 0.6 is 0 Å². The van der Waals surface area contributed by atoms with Gasteiger partial charge in [-0.1, -0.05) is 19.6 Å². The zero-order valence-corrected chi connectivity index (χ0v) is 19.4. The van der Waals surface area contributed by atoms with Crippen LogP contribution in [-0.2, 0) is 43.0 Å². The van der Waals surface area contributed by atoms with E-state index in [1.165, 1.54) is 34.1 Å². The van der Waals surface area contributed by atoms with Crippen molar-refractivity contribution in [2.24, 2.45) is 5.92 Å². The van der Waals surface area contributed by atoms with E-state index in [2.05, 4.69) is 27.3 Å². The Kier molecular flexibility index (Phi) is 14.7. The minimum absolute atomic E-state index is 0.0127. The predicted molar refractivity (Wildman–Crippen MR) is 116 cm³/mol. The van der Waals surface area contributed by atoms with E-state index in [0.29, 0.717) is 0 Å². The van der Waals surface area contributed by atoms with Crippen LogP contribution in [0.1, 0.15) is 33.1 Å². The Morgan fingerprint density at radius 3 is 2.21 bits per heavy atom. The van der Waals surface area contributed by atoms with Gasteiger partial charge in [-0.25, -0.2) is 4.79 Å². The van der Waals surface area contributed by atoms with E-state index in [1.54, 1.807) is 0 Å². The molecule has 0 saturated heterocycles. The molecule has 0 spiro atoms. The summed E-state index contributed by atoms with van der Waals surface area (Å²) in [6, 6.07) is -2.30. The molecule has 0 fully saturated rings. The molecule has 3 N–H and O–H groups in total. The summed E-state index contributed by atoms with van der Waals surface area (Å²) in [5.74, 6) is -4.18. The third-order valence-corrected chi connectivity index (χ3v) is 4.29. The normalized spacial score (nSPS) is 13.0. The highest BCUT2D eigenvalue weighted by molar-refractivity contribution is 5.93. The molecule has 0 aromatic heterocycles. The van der Waals surface area contributed by atoms with Gasteiger partial charge in [0.2, 0.25) is 17.7 Å². The van der Waals surface area contributed by atoms with Crippen LogP contribution in [0.4, 0.5) is 0 Å². The highest BCUT2D eigenvalue weighted by Gasteiger charge is 2.28. The molecular weight excluding hydrogens is 438 g/mol. The molecule has 12 heteroatoms. The molecule has 3 atom stereocenters. The van der Waals surface area contributed by atoms with Crippen LogP contribution in [0, 0.1) is 5.92 Å². The lowest BCUT2D eigenvalue weighted by atomic mass is 10.1. The zero-order chi connectivity index (χ0) is 25.4. The largest absolute Gasteiger partial charge is 0.469 e. The van der Waals surface area contributed by atoms with Gasteiger partial charge in [0.05, 0.1) is 26.7 Å². The van der Waals surface area contributed by atoms with Gasteiger partial charge >= 0.3 is 11.9 Å². The molecule has 3 unspecified atom stereocenters. The van der Waals surface area contributed by atoms with Crippen molar-refractivity contribution in [3.05, 3.63) is 12.7 Å². The van der Waals surface area contributed by atoms with Crippen molar-refractivity contribution in [1.29, 1.82) is 0 Å². The highest BCUT2D eigenvalue weighted by atomic mass is 16.5. The third-order valence-electron chi connectivity index (χ3n) is 4.29. The van der Waals surface area contributed by atoms with Crippen molar-refractivity contribution in [3.8, 4) is 0 Å². The minimum atomic E-state index is -1.18. The summed E-state index contributed by atoms with van der Waals surface area (Å²) in [5, 5.41) is 7.21. The van der Waals surface area contributed by atoms with Crippen LogP contribution in [0.3, 0.4) is 0 Å². The van der Waals surface area contributed by atoms with E-state index in [0.717, 1.165) is 0 Å². The van der Waals surface area contributed by atoms with Gasteiger partial charge in [-0.3, -0.25) is 19.2 Å². The zero-order valence-electron chi connectivity index (χ0n) is 19.4. The minimum Gasteiger partial charge on any atom is -0.469 e. The van der Waals surface area contributed by atoms with Gasteiger partial charge in [-0.15, -0.1) is 0 Å². The molecule has 0 aliphatic heterocycles. The summed E-state index contributed by atoms with van der Waals surface area (Å²) < 4.78 is 14.4. The number of methoxy groups -OCH3 is 2. The number of nitrogens with one attached hydrogen (secondary N) is 3. The first-order chi connectivity index (χ1) is 15.5. The molecule has 186 valence electrons.